The van der Waals surface area contributed by atoms with Crippen molar-refractivity contribution in [1.82, 2.24) is 24.7 Å². The van der Waals surface area contributed by atoms with Crippen molar-refractivity contribution in [2.24, 2.45) is 0 Å². The summed E-state index contributed by atoms with van der Waals surface area (Å²) in [5.74, 6) is -1.51. The van der Waals surface area contributed by atoms with Crippen LogP contribution in [0, 0.1) is 11.6 Å². The van der Waals surface area contributed by atoms with Gasteiger partial charge >= 0.3 is 0 Å². The second-order valence-corrected chi connectivity index (χ2v) is 5.73. The maximum atomic E-state index is 13.3. The quantitative estimate of drug-likeness (QED) is 0.702. The zero-order chi connectivity index (χ0) is 17.4. The Morgan fingerprint density at radius 2 is 1.80 bits per heavy atom. The molecule has 0 N–H and O–H groups in total. The van der Waals surface area contributed by atoms with Crippen LogP contribution in [-0.2, 0) is 0 Å². The average Bonchev–Trinajstić information content (AvgIpc) is 3.11. The van der Waals surface area contributed by atoms with Crippen LogP contribution in [0.3, 0.4) is 0 Å². The van der Waals surface area contributed by atoms with E-state index in [0.717, 1.165) is 18.0 Å². The Morgan fingerprint density at radius 1 is 1.00 bits per heavy atom. The van der Waals surface area contributed by atoms with Crippen molar-refractivity contribution in [3.8, 4) is 0 Å². The minimum atomic E-state index is -1.02. The summed E-state index contributed by atoms with van der Waals surface area (Å²) >= 11 is 0. The lowest BCUT2D eigenvalue weighted by atomic mass is 10.1. The zero-order valence-electron chi connectivity index (χ0n) is 13.1. The number of carbonyl (C=O) groups excluding carboxylic acids is 1. The summed E-state index contributed by atoms with van der Waals surface area (Å²) in [6.07, 6.45) is 1.53. The fourth-order valence-corrected chi connectivity index (χ4v) is 2.84. The number of aromatic nitrogens is 4. The molecule has 2 aromatic heterocycles. The molecular weight excluding hydrogens is 330 g/mol. The Balaban J connectivity index is 1.45. The molecule has 1 fully saturated rings. The molecule has 128 valence electrons. The number of benzene rings is 1. The van der Waals surface area contributed by atoms with E-state index in [2.05, 4.69) is 20.2 Å². The minimum absolute atomic E-state index is 0.149. The Labute approximate surface area is 141 Å². The van der Waals surface area contributed by atoms with Crippen LogP contribution in [0.1, 0.15) is 10.4 Å². The first-order chi connectivity index (χ1) is 12.1. The van der Waals surface area contributed by atoms with Crippen LogP contribution in [0.5, 0.6) is 0 Å². The topological polar surface area (TPSA) is 66.6 Å². The van der Waals surface area contributed by atoms with Gasteiger partial charge in [0.05, 0.1) is 0 Å². The van der Waals surface area contributed by atoms with Crippen molar-refractivity contribution in [1.29, 1.82) is 0 Å². The Kier molecular flexibility index (Phi) is 3.75. The Hall–Kier alpha value is -3.10. The van der Waals surface area contributed by atoms with Crippen LogP contribution in [0.2, 0.25) is 0 Å². The predicted octanol–water partition coefficient (Wildman–Crippen LogP) is 1.36. The monoisotopic (exact) mass is 344 g/mol. The van der Waals surface area contributed by atoms with Crippen molar-refractivity contribution in [2.45, 2.75) is 0 Å². The standard InChI is InChI=1S/C16H14F2N6O/c17-12-2-1-11(9-13(12)18)16(25)23-7-5-22(6-8-23)15-4-3-14-20-19-10-24(14)21-15/h1-4,9-10H,5-8H2. The number of amides is 1. The molecule has 25 heavy (non-hydrogen) atoms. The molecule has 7 nitrogen and oxygen atoms in total. The number of fused-ring (bicyclic) bond motifs is 1. The third-order valence-electron chi connectivity index (χ3n) is 4.21. The molecule has 1 aromatic carbocycles. The van der Waals surface area contributed by atoms with Crippen LogP contribution < -0.4 is 4.90 Å². The summed E-state index contributed by atoms with van der Waals surface area (Å²) in [4.78, 5) is 16.1. The highest BCUT2D eigenvalue weighted by atomic mass is 19.2. The number of rotatable bonds is 2. The number of halogens is 2. The van der Waals surface area contributed by atoms with Gasteiger partial charge in [-0.25, -0.2) is 8.78 Å². The first-order valence-electron chi connectivity index (χ1n) is 7.78. The number of anilines is 1. The molecule has 3 aromatic rings. The number of hydrogen-bond donors (Lipinski definition) is 0. The number of hydrogen-bond acceptors (Lipinski definition) is 5. The van der Waals surface area contributed by atoms with Crippen LogP contribution in [0.4, 0.5) is 14.6 Å². The van der Waals surface area contributed by atoms with Crippen LogP contribution >= 0.6 is 0 Å². The second kappa shape index (κ2) is 6.08. The van der Waals surface area contributed by atoms with E-state index in [4.69, 9.17) is 0 Å². The molecule has 0 bridgehead atoms. The molecule has 0 unspecified atom stereocenters. The maximum Gasteiger partial charge on any atom is 0.254 e. The van der Waals surface area contributed by atoms with Crippen molar-refractivity contribution < 1.29 is 13.6 Å². The normalized spacial score (nSPS) is 15.0. The molecule has 0 aliphatic carbocycles. The smallest absolute Gasteiger partial charge is 0.254 e. The molecule has 0 spiro atoms. The van der Waals surface area contributed by atoms with E-state index in [1.165, 1.54) is 12.4 Å². The third kappa shape index (κ3) is 2.88. The van der Waals surface area contributed by atoms with Gasteiger partial charge in [0, 0.05) is 31.7 Å². The van der Waals surface area contributed by atoms with E-state index in [1.54, 1.807) is 9.42 Å². The highest BCUT2D eigenvalue weighted by Crippen LogP contribution is 2.16. The lowest BCUT2D eigenvalue weighted by Gasteiger charge is -2.35. The molecule has 0 atom stereocenters. The van der Waals surface area contributed by atoms with Gasteiger partial charge < -0.3 is 9.80 Å². The van der Waals surface area contributed by atoms with Gasteiger partial charge in [-0.15, -0.1) is 15.3 Å². The number of piperazine rings is 1. The summed E-state index contributed by atoms with van der Waals surface area (Å²) in [6, 6.07) is 6.89. The molecule has 1 aliphatic heterocycles. The van der Waals surface area contributed by atoms with Crippen LogP contribution in [-0.4, -0.2) is 56.8 Å². The molecule has 3 heterocycles. The van der Waals surface area contributed by atoms with E-state index >= 15 is 0 Å². The highest BCUT2D eigenvalue weighted by Gasteiger charge is 2.23. The molecule has 0 radical (unpaired) electrons. The first kappa shape index (κ1) is 15.4. The van der Waals surface area contributed by atoms with Crippen molar-refractivity contribution in [3.63, 3.8) is 0 Å². The SMILES string of the molecule is O=C(c1ccc(F)c(F)c1)N1CCN(c2ccc3nncn3n2)CC1. The molecule has 1 aliphatic rings. The summed E-state index contributed by atoms with van der Waals surface area (Å²) in [7, 11) is 0. The zero-order valence-corrected chi connectivity index (χ0v) is 13.1. The lowest BCUT2D eigenvalue weighted by Crippen LogP contribution is -2.49. The third-order valence-corrected chi connectivity index (χ3v) is 4.21. The minimum Gasteiger partial charge on any atom is -0.352 e. The van der Waals surface area contributed by atoms with E-state index in [1.807, 2.05) is 12.1 Å². The average molecular weight is 344 g/mol. The molecule has 1 amide bonds. The summed E-state index contributed by atoms with van der Waals surface area (Å²) in [5, 5.41) is 12.1. The van der Waals surface area contributed by atoms with E-state index in [0.29, 0.717) is 31.8 Å². The van der Waals surface area contributed by atoms with Gasteiger partial charge in [-0.05, 0) is 30.3 Å². The fraction of sp³-hybridized carbons (Fsp3) is 0.250. The fourth-order valence-electron chi connectivity index (χ4n) is 2.84. The summed E-state index contributed by atoms with van der Waals surface area (Å²) in [6.45, 7) is 2.13. The molecule has 0 saturated carbocycles. The maximum absolute atomic E-state index is 13.3. The summed E-state index contributed by atoms with van der Waals surface area (Å²) in [5.41, 5.74) is 0.812. The van der Waals surface area contributed by atoms with Gasteiger partial charge in [0.1, 0.15) is 12.1 Å². The number of carbonyl (C=O) groups is 1. The van der Waals surface area contributed by atoms with Gasteiger partial charge in [0.25, 0.3) is 5.91 Å². The van der Waals surface area contributed by atoms with E-state index in [-0.39, 0.29) is 11.5 Å². The second-order valence-electron chi connectivity index (χ2n) is 5.73. The van der Waals surface area contributed by atoms with E-state index < -0.39 is 11.6 Å². The van der Waals surface area contributed by atoms with Gasteiger partial charge in [0.15, 0.2) is 17.3 Å². The largest absolute Gasteiger partial charge is 0.352 e. The van der Waals surface area contributed by atoms with Crippen LogP contribution in [0.25, 0.3) is 5.65 Å². The molecule has 4 rings (SSSR count). The molecule has 1 saturated heterocycles. The first-order valence-corrected chi connectivity index (χ1v) is 7.78. The number of nitrogens with zero attached hydrogens (tertiary/aromatic N) is 6. The van der Waals surface area contributed by atoms with Crippen molar-refractivity contribution >= 4 is 17.4 Å². The highest BCUT2D eigenvalue weighted by molar-refractivity contribution is 5.94. The van der Waals surface area contributed by atoms with Gasteiger partial charge in [-0.1, -0.05) is 0 Å². The van der Waals surface area contributed by atoms with Crippen molar-refractivity contribution in [3.05, 3.63) is 53.9 Å². The Bertz CT molecular complexity index is 935. The van der Waals surface area contributed by atoms with Gasteiger partial charge in [-0.3, -0.25) is 4.79 Å². The summed E-state index contributed by atoms with van der Waals surface area (Å²) < 4.78 is 27.9. The molecule has 9 heteroatoms. The van der Waals surface area contributed by atoms with E-state index in [9.17, 15) is 13.6 Å². The van der Waals surface area contributed by atoms with Gasteiger partial charge in [0.2, 0.25) is 0 Å². The predicted molar refractivity (Wildman–Crippen MR) is 85.3 cm³/mol. The van der Waals surface area contributed by atoms with Crippen LogP contribution in [0.15, 0.2) is 36.7 Å². The van der Waals surface area contributed by atoms with Gasteiger partial charge in [-0.2, -0.15) is 4.52 Å². The van der Waals surface area contributed by atoms with Crippen molar-refractivity contribution in [2.75, 3.05) is 31.1 Å². The lowest BCUT2D eigenvalue weighted by molar-refractivity contribution is 0.0746. The Morgan fingerprint density at radius 3 is 2.56 bits per heavy atom. The molecular formula is C16H14F2N6O.